The Bertz CT molecular complexity index is 634. The van der Waals surface area contributed by atoms with Gasteiger partial charge in [-0.2, -0.15) is 13.2 Å². The number of hydrogen-bond acceptors (Lipinski definition) is 3. The van der Waals surface area contributed by atoms with E-state index in [-0.39, 0.29) is 12.7 Å². The van der Waals surface area contributed by atoms with Crippen molar-refractivity contribution in [1.82, 2.24) is 10.6 Å². The number of hydrogen-bond donors (Lipinski definition) is 2. The van der Waals surface area contributed by atoms with E-state index in [4.69, 9.17) is 4.74 Å². The molecular weight excluding hydrogens is 359 g/mol. The zero-order chi connectivity index (χ0) is 19.3. The van der Waals surface area contributed by atoms with E-state index in [1.165, 1.54) is 0 Å². The van der Waals surface area contributed by atoms with Crippen LogP contribution in [-0.4, -0.2) is 43.5 Å². The highest BCUT2D eigenvalue weighted by molar-refractivity contribution is 5.80. The Morgan fingerprint density at radius 1 is 1.22 bits per heavy atom. The van der Waals surface area contributed by atoms with Crippen LogP contribution in [0.3, 0.4) is 0 Å². The van der Waals surface area contributed by atoms with Crippen molar-refractivity contribution < 1.29 is 22.6 Å². The molecule has 27 heavy (non-hydrogen) atoms. The summed E-state index contributed by atoms with van der Waals surface area (Å²) in [4.78, 5) is 4.61. The van der Waals surface area contributed by atoms with Gasteiger partial charge in [-0.1, -0.05) is 24.3 Å². The highest BCUT2D eigenvalue weighted by atomic mass is 19.4. The van der Waals surface area contributed by atoms with Crippen molar-refractivity contribution in [2.75, 3.05) is 13.2 Å². The van der Waals surface area contributed by atoms with Crippen LogP contribution in [0.15, 0.2) is 29.3 Å². The molecule has 3 rings (SSSR count). The fourth-order valence-electron chi connectivity index (χ4n) is 3.48. The Morgan fingerprint density at radius 2 is 1.96 bits per heavy atom. The molecule has 5 nitrogen and oxygen atoms in total. The second-order valence-corrected chi connectivity index (χ2v) is 6.98. The van der Waals surface area contributed by atoms with E-state index in [1.54, 1.807) is 12.1 Å². The molecule has 2 heterocycles. The Hall–Kier alpha value is -1.80. The second kappa shape index (κ2) is 8.93. The average Bonchev–Trinajstić information content (AvgIpc) is 3.23. The summed E-state index contributed by atoms with van der Waals surface area (Å²) >= 11 is 0. The minimum absolute atomic E-state index is 0.0580. The van der Waals surface area contributed by atoms with Gasteiger partial charge in [0, 0.05) is 6.54 Å². The lowest BCUT2D eigenvalue weighted by molar-refractivity contribution is -0.176. The Kier molecular flexibility index (Phi) is 6.59. The van der Waals surface area contributed by atoms with Gasteiger partial charge in [0.2, 0.25) is 0 Å². The molecule has 3 unspecified atom stereocenters. The van der Waals surface area contributed by atoms with E-state index in [2.05, 4.69) is 20.4 Å². The molecule has 150 valence electrons. The molecular formula is C19H26F3N3O2. The van der Waals surface area contributed by atoms with E-state index >= 15 is 0 Å². The van der Waals surface area contributed by atoms with Gasteiger partial charge in [-0.25, -0.2) is 4.99 Å². The molecule has 2 fully saturated rings. The maximum Gasteiger partial charge on any atom is 0.411 e. The summed E-state index contributed by atoms with van der Waals surface area (Å²) in [5.74, 6) is 0.760. The molecule has 0 saturated carbocycles. The summed E-state index contributed by atoms with van der Waals surface area (Å²) in [7, 11) is 0. The number of nitrogens with zero attached hydrogens (tertiary/aromatic N) is 1. The van der Waals surface area contributed by atoms with Gasteiger partial charge < -0.3 is 20.1 Å². The predicted octanol–water partition coefficient (Wildman–Crippen LogP) is 3.14. The fraction of sp³-hybridized carbons (Fsp3) is 0.632. The van der Waals surface area contributed by atoms with Crippen LogP contribution in [0.5, 0.6) is 0 Å². The number of guanidine groups is 1. The van der Waals surface area contributed by atoms with Crippen LogP contribution < -0.4 is 10.6 Å². The van der Waals surface area contributed by atoms with Gasteiger partial charge in [0.05, 0.1) is 31.4 Å². The Balaban J connectivity index is 1.50. The van der Waals surface area contributed by atoms with Crippen molar-refractivity contribution in [2.45, 2.75) is 63.8 Å². The van der Waals surface area contributed by atoms with Crippen molar-refractivity contribution in [2.24, 2.45) is 4.99 Å². The molecule has 2 saturated heterocycles. The van der Waals surface area contributed by atoms with E-state index in [9.17, 15) is 13.2 Å². The Labute approximate surface area is 157 Å². The maximum absolute atomic E-state index is 12.1. The van der Waals surface area contributed by atoms with Crippen LogP contribution in [0.1, 0.15) is 37.3 Å². The highest BCUT2D eigenvalue weighted by Crippen LogP contribution is 2.34. The molecule has 0 aromatic heterocycles. The summed E-state index contributed by atoms with van der Waals surface area (Å²) in [6.45, 7) is 1.98. The lowest BCUT2D eigenvalue weighted by Gasteiger charge is -2.22. The zero-order valence-corrected chi connectivity index (χ0v) is 15.4. The third-order valence-corrected chi connectivity index (χ3v) is 4.75. The minimum Gasteiger partial charge on any atom is -0.373 e. The molecule has 2 aliphatic heterocycles. The summed E-state index contributed by atoms with van der Waals surface area (Å²) in [6, 6.07) is 7.56. The normalized spacial score (nSPS) is 25.0. The van der Waals surface area contributed by atoms with E-state index in [0.29, 0.717) is 24.3 Å². The highest BCUT2D eigenvalue weighted by Gasteiger charge is 2.41. The van der Waals surface area contributed by atoms with Crippen molar-refractivity contribution >= 4 is 5.96 Å². The largest absolute Gasteiger partial charge is 0.411 e. The molecule has 3 atom stereocenters. The minimum atomic E-state index is -4.30. The van der Waals surface area contributed by atoms with Gasteiger partial charge in [-0.15, -0.1) is 0 Å². The molecule has 0 spiro atoms. The monoisotopic (exact) mass is 385 g/mol. The molecule has 0 aliphatic carbocycles. The molecule has 1 aromatic carbocycles. The predicted molar refractivity (Wildman–Crippen MR) is 96.4 cm³/mol. The number of rotatable bonds is 7. The summed E-state index contributed by atoms with van der Waals surface area (Å²) in [6.07, 6.45) is -0.386. The number of nitrogens with one attached hydrogen (secondary N) is 2. The van der Waals surface area contributed by atoms with Crippen LogP contribution in [0.2, 0.25) is 0 Å². The number of ether oxygens (including phenoxy) is 2. The third-order valence-electron chi connectivity index (χ3n) is 4.75. The van der Waals surface area contributed by atoms with Crippen molar-refractivity contribution in [3.63, 3.8) is 0 Å². The van der Waals surface area contributed by atoms with Crippen LogP contribution in [0, 0.1) is 0 Å². The summed E-state index contributed by atoms with van der Waals surface area (Å²) in [5.41, 5.74) is 1.69. The van der Waals surface area contributed by atoms with E-state index in [0.717, 1.165) is 37.3 Å². The smallest absolute Gasteiger partial charge is 0.373 e. The summed E-state index contributed by atoms with van der Waals surface area (Å²) < 4.78 is 46.8. The standard InChI is InChI=1S/C19H26F3N3O2/c1-2-23-18(25-16-9-15-7-8-17(16)27-15)24-10-13-3-5-14(6-4-13)11-26-12-19(20,21)22/h3-6,15-17H,2,7-12H2,1H3,(H2,23,24,25). The van der Waals surface area contributed by atoms with Crippen molar-refractivity contribution in [1.29, 1.82) is 0 Å². The first-order valence-corrected chi connectivity index (χ1v) is 9.35. The van der Waals surface area contributed by atoms with Crippen molar-refractivity contribution in [3.8, 4) is 0 Å². The topological polar surface area (TPSA) is 54.9 Å². The van der Waals surface area contributed by atoms with Gasteiger partial charge in [0.15, 0.2) is 5.96 Å². The summed E-state index contributed by atoms with van der Waals surface area (Å²) in [5, 5.41) is 6.71. The first kappa shape index (κ1) is 19.9. The lowest BCUT2D eigenvalue weighted by Crippen LogP contribution is -2.47. The average molecular weight is 385 g/mol. The maximum atomic E-state index is 12.1. The molecule has 0 amide bonds. The fourth-order valence-corrected chi connectivity index (χ4v) is 3.48. The molecule has 0 radical (unpaired) electrons. The van der Waals surface area contributed by atoms with Gasteiger partial charge >= 0.3 is 6.18 Å². The molecule has 2 bridgehead atoms. The molecule has 8 heteroatoms. The Morgan fingerprint density at radius 3 is 2.56 bits per heavy atom. The zero-order valence-electron chi connectivity index (χ0n) is 15.4. The van der Waals surface area contributed by atoms with Crippen LogP contribution in [0.25, 0.3) is 0 Å². The van der Waals surface area contributed by atoms with Gasteiger partial charge in [0.1, 0.15) is 6.61 Å². The second-order valence-electron chi connectivity index (χ2n) is 6.98. The van der Waals surface area contributed by atoms with Crippen LogP contribution >= 0.6 is 0 Å². The van der Waals surface area contributed by atoms with Gasteiger partial charge in [0.25, 0.3) is 0 Å². The number of halogens is 3. The molecule has 2 aliphatic rings. The first-order chi connectivity index (χ1) is 12.9. The first-order valence-electron chi connectivity index (χ1n) is 9.35. The number of alkyl halides is 3. The number of benzene rings is 1. The number of aliphatic imine (C=N–C) groups is 1. The van der Waals surface area contributed by atoms with Crippen LogP contribution in [0.4, 0.5) is 13.2 Å². The molecule has 2 N–H and O–H groups in total. The number of fused-ring (bicyclic) bond motifs is 2. The van der Waals surface area contributed by atoms with Crippen LogP contribution in [-0.2, 0) is 22.6 Å². The van der Waals surface area contributed by atoms with Gasteiger partial charge in [-0.05, 0) is 37.3 Å². The van der Waals surface area contributed by atoms with E-state index < -0.39 is 12.8 Å². The lowest BCUT2D eigenvalue weighted by atomic mass is 9.96. The SMILES string of the molecule is CCNC(=NCc1ccc(COCC(F)(F)F)cc1)NC1CC2CCC1O2. The third kappa shape index (κ3) is 6.10. The quantitative estimate of drug-likeness (QED) is 0.559. The molecule has 1 aromatic rings. The van der Waals surface area contributed by atoms with Gasteiger partial charge in [-0.3, -0.25) is 0 Å². The van der Waals surface area contributed by atoms with Crippen molar-refractivity contribution in [3.05, 3.63) is 35.4 Å². The van der Waals surface area contributed by atoms with E-state index in [1.807, 2.05) is 19.1 Å².